The van der Waals surface area contributed by atoms with Crippen LogP contribution in [0, 0.1) is 0 Å². The number of rotatable bonds is 4. The number of hydrogen-bond acceptors (Lipinski definition) is 3. The van der Waals surface area contributed by atoms with Crippen LogP contribution in [-0.2, 0) is 0 Å². The number of pyridine rings is 1. The maximum absolute atomic E-state index is 5.84. The van der Waals surface area contributed by atoms with Crippen LogP contribution in [-0.4, -0.2) is 12.1 Å². The smallest absolute Gasteiger partial charge is 0.212 e. The van der Waals surface area contributed by atoms with E-state index in [-0.39, 0.29) is 18.4 Å². The van der Waals surface area contributed by atoms with Crippen LogP contribution in [0.5, 0.6) is 5.88 Å². The van der Waals surface area contributed by atoms with Gasteiger partial charge in [-0.05, 0) is 12.0 Å². The molecule has 0 saturated heterocycles. The molecule has 0 spiro atoms. The first-order valence-electron chi connectivity index (χ1n) is 4.14. The molecule has 0 radical (unpaired) electrons. The monoisotopic (exact) mass is 214 g/mol. The summed E-state index contributed by atoms with van der Waals surface area (Å²) >= 11 is 0. The predicted molar refractivity (Wildman–Crippen MR) is 59.8 cm³/mol. The molecule has 1 heterocycles. The molecule has 4 heteroatoms. The first kappa shape index (κ1) is 12.9. The van der Waals surface area contributed by atoms with Crippen molar-refractivity contribution >= 4 is 12.4 Å². The molecular weight excluding hydrogens is 200 g/mol. The summed E-state index contributed by atoms with van der Waals surface area (Å²) in [5.41, 5.74) is 6.85. The summed E-state index contributed by atoms with van der Waals surface area (Å²) in [6, 6.07) is 3.70. The van der Waals surface area contributed by atoms with Crippen LogP contribution >= 0.6 is 12.4 Å². The molecule has 0 saturated carbocycles. The third-order valence-corrected chi connectivity index (χ3v) is 1.82. The van der Waals surface area contributed by atoms with Gasteiger partial charge in [-0.2, -0.15) is 0 Å². The lowest BCUT2D eigenvalue weighted by Gasteiger charge is -2.08. The fourth-order valence-electron chi connectivity index (χ4n) is 1.05. The highest BCUT2D eigenvalue weighted by atomic mass is 35.5. The fraction of sp³-hybridized carbons (Fsp3) is 0.300. The first-order chi connectivity index (χ1) is 6.27. The highest BCUT2D eigenvalue weighted by Gasteiger charge is 2.03. The number of nitrogens with two attached hydrogens (primary N) is 1. The molecule has 0 aromatic carbocycles. The molecule has 0 aliphatic heterocycles. The van der Waals surface area contributed by atoms with Crippen molar-refractivity contribution in [3.05, 3.63) is 36.5 Å². The van der Waals surface area contributed by atoms with Crippen molar-refractivity contribution in [3.8, 4) is 5.88 Å². The van der Waals surface area contributed by atoms with E-state index < -0.39 is 0 Å². The van der Waals surface area contributed by atoms with E-state index >= 15 is 0 Å². The second-order valence-corrected chi connectivity index (χ2v) is 2.76. The van der Waals surface area contributed by atoms with Crippen LogP contribution < -0.4 is 10.5 Å². The molecule has 1 rings (SSSR count). The quantitative estimate of drug-likeness (QED) is 0.781. The Morgan fingerprint density at radius 1 is 1.64 bits per heavy atom. The number of halogens is 1. The Kier molecular flexibility index (Phi) is 5.92. The van der Waals surface area contributed by atoms with Crippen molar-refractivity contribution in [3.63, 3.8) is 0 Å². The third kappa shape index (κ3) is 3.36. The van der Waals surface area contributed by atoms with Crippen LogP contribution in [0.3, 0.4) is 0 Å². The van der Waals surface area contributed by atoms with Crippen LogP contribution in [0.4, 0.5) is 0 Å². The SMILES string of the molecule is C=CC[C@H](N)c1ccc(OC)nc1.Cl. The van der Waals surface area contributed by atoms with Crippen LogP contribution in [0.25, 0.3) is 0 Å². The number of aromatic nitrogens is 1. The van der Waals surface area contributed by atoms with E-state index in [9.17, 15) is 0 Å². The van der Waals surface area contributed by atoms with E-state index in [0.717, 1.165) is 12.0 Å². The van der Waals surface area contributed by atoms with Crippen LogP contribution in [0.2, 0.25) is 0 Å². The summed E-state index contributed by atoms with van der Waals surface area (Å²) < 4.78 is 4.94. The molecule has 0 fully saturated rings. The van der Waals surface area contributed by atoms with E-state index in [1.54, 1.807) is 25.4 Å². The van der Waals surface area contributed by atoms with E-state index in [4.69, 9.17) is 10.5 Å². The second-order valence-electron chi connectivity index (χ2n) is 2.76. The van der Waals surface area contributed by atoms with Crippen molar-refractivity contribution in [2.24, 2.45) is 5.73 Å². The summed E-state index contributed by atoms with van der Waals surface area (Å²) in [5.74, 6) is 0.606. The van der Waals surface area contributed by atoms with Gasteiger partial charge in [0, 0.05) is 18.3 Å². The van der Waals surface area contributed by atoms with Crippen molar-refractivity contribution in [1.29, 1.82) is 0 Å². The molecule has 0 aliphatic carbocycles. The summed E-state index contributed by atoms with van der Waals surface area (Å²) in [5, 5.41) is 0. The van der Waals surface area contributed by atoms with E-state index in [0.29, 0.717) is 5.88 Å². The van der Waals surface area contributed by atoms with Crippen molar-refractivity contribution < 1.29 is 4.74 Å². The third-order valence-electron chi connectivity index (χ3n) is 1.82. The van der Waals surface area contributed by atoms with Gasteiger partial charge >= 0.3 is 0 Å². The molecule has 0 aliphatic rings. The zero-order chi connectivity index (χ0) is 9.68. The van der Waals surface area contributed by atoms with Crippen molar-refractivity contribution in [1.82, 2.24) is 4.98 Å². The molecule has 14 heavy (non-hydrogen) atoms. The van der Waals surface area contributed by atoms with Crippen LogP contribution in [0.15, 0.2) is 31.0 Å². The Labute approximate surface area is 90.4 Å². The van der Waals surface area contributed by atoms with Gasteiger partial charge in [0.1, 0.15) is 0 Å². The molecule has 2 N–H and O–H groups in total. The normalized spacial score (nSPS) is 11.3. The molecule has 1 aromatic rings. The van der Waals surface area contributed by atoms with Gasteiger partial charge in [0.2, 0.25) is 5.88 Å². The number of nitrogens with zero attached hydrogens (tertiary/aromatic N) is 1. The van der Waals surface area contributed by atoms with Gasteiger partial charge in [-0.15, -0.1) is 19.0 Å². The van der Waals surface area contributed by atoms with Crippen molar-refractivity contribution in [2.45, 2.75) is 12.5 Å². The molecule has 0 amide bonds. The zero-order valence-corrected chi connectivity index (χ0v) is 8.96. The largest absolute Gasteiger partial charge is 0.481 e. The molecule has 1 atom stereocenters. The highest BCUT2D eigenvalue weighted by molar-refractivity contribution is 5.85. The summed E-state index contributed by atoms with van der Waals surface area (Å²) in [4.78, 5) is 4.06. The molecule has 0 unspecified atom stereocenters. The lowest BCUT2D eigenvalue weighted by Crippen LogP contribution is -2.09. The first-order valence-corrected chi connectivity index (χ1v) is 4.14. The Balaban J connectivity index is 0.00000169. The number of methoxy groups -OCH3 is 1. The van der Waals surface area contributed by atoms with Gasteiger partial charge in [0.25, 0.3) is 0 Å². The fourth-order valence-corrected chi connectivity index (χ4v) is 1.05. The van der Waals surface area contributed by atoms with Gasteiger partial charge in [0.05, 0.1) is 7.11 Å². The number of ether oxygens (including phenoxy) is 1. The number of hydrogen-bond donors (Lipinski definition) is 1. The molecule has 3 nitrogen and oxygen atoms in total. The minimum atomic E-state index is -0.0177. The summed E-state index contributed by atoms with van der Waals surface area (Å²) in [6.45, 7) is 3.63. The maximum Gasteiger partial charge on any atom is 0.212 e. The average Bonchev–Trinajstić information content (AvgIpc) is 2.18. The minimum Gasteiger partial charge on any atom is -0.481 e. The van der Waals surface area contributed by atoms with E-state index in [1.807, 2.05) is 6.07 Å². The van der Waals surface area contributed by atoms with Gasteiger partial charge in [-0.3, -0.25) is 0 Å². The summed E-state index contributed by atoms with van der Waals surface area (Å²) in [6.07, 6.45) is 4.29. The molecule has 0 bridgehead atoms. The van der Waals surface area contributed by atoms with Gasteiger partial charge < -0.3 is 10.5 Å². The summed E-state index contributed by atoms with van der Waals surface area (Å²) in [7, 11) is 1.59. The highest BCUT2D eigenvalue weighted by Crippen LogP contribution is 2.15. The Hall–Kier alpha value is -1.06. The lowest BCUT2D eigenvalue weighted by molar-refractivity contribution is 0.397. The average molecular weight is 215 g/mol. The van der Waals surface area contributed by atoms with Gasteiger partial charge in [-0.25, -0.2) is 4.98 Å². The lowest BCUT2D eigenvalue weighted by atomic mass is 10.1. The Bertz CT molecular complexity index is 274. The standard InChI is InChI=1S/C10H14N2O.ClH/c1-3-4-9(11)8-5-6-10(13-2)12-7-8;/h3,5-7,9H,1,4,11H2,2H3;1H/t9-;/m0./s1. The Morgan fingerprint density at radius 2 is 2.36 bits per heavy atom. The maximum atomic E-state index is 5.84. The van der Waals surface area contributed by atoms with Crippen molar-refractivity contribution in [2.75, 3.05) is 7.11 Å². The second kappa shape index (κ2) is 6.40. The minimum absolute atomic E-state index is 0. The van der Waals surface area contributed by atoms with Gasteiger partial charge in [-0.1, -0.05) is 12.1 Å². The van der Waals surface area contributed by atoms with Gasteiger partial charge in [0.15, 0.2) is 0 Å². The van der Waals surface area contributed by atoms with E-state index in [1.165, 1.54) is 0 Å². The zero-order valence-electron chi connectivity index (χ0n) is 8.14. The molecule has 78 valence electrons. The van der Waals surface area contributed by atoms with E-state index in [2.05, 4.69) is 11.6 Å². The molecular formula is C10H15ClN2O. The Morgan fingerprint density at radius 3 is 2.79 bits per heavy atom. The predicted octanol–water partition coefficient (Wildman–Crippen LogP) is 2.09. The topological polar surface area (TPSA) is 48.1 Å². The molecule has 1 aromatic heterocycles. The van der Waals surface area contributed by atoms with Crippen LogP contribution in [0.1, 0.15) is 18.0 Å².